The Hall–Kier alpha value is -1.81. The molecule has 148 valence electrons. The summed E-state index contributed by atoms with van der Waals surface area (Å²) in [5, 5.41) is 3.01. The number of nitrogens with zero attached hydrogens (tertiary/aromatic N) is 1. The number of aromatic nitrogens is 1. The molecule has 0 unspecified atom stereocenters. The van der Waals surface area contributed by atoms with Gasteiger partial charge in [-0.3, -0.25) is 10.1 Å². The zero-order valence-corrected chi connectivity index (χ0v) is 17.8. The van der Waals surface area contributed by atoms with Crippen LogP contribution in [0.1, 0.15) is 42.5 Å². The van der Waals surface area contributed by atoms with Gasteiger partial charge >= 0.3 is 10.3 Å². The first kappa shape index (κ1) is 21.5. The lowest BCUT2D eigenvalue weighted by atomic mass is 10.1. The van der Waals surface area contributed by atoms with Crippen molar-refractivity contribution in [3.63, 3.8) is 0 Å². The highest BCUT2D eigenvalue weighted by atomic mass is 32.2. The Morgan fingerprint density at radius 3 is 2.41 bits per heavy atom. The second kappa shape index (κ2) is 8.47. The minimum atomic E-state index is -4.00. The van der Waals surface area contributed by atoms with E-state index >= 15 is 0 Å². The van der Waals surface area contributed by atoms with E-state index in [0.717, 1.165) is 22.6 Å². The van der Waals surface area contributed by atoms with E-state index in [4.69, 9.17) is 4.18 Å². The van der Waals surface area contributed by atoms with Crippen LogP contribution in [0.3, 0.4) is 0 Å². The second-order valence-electron chi connectivity index (χ2n) is 7.31. The van der Waals surface area contributed by atoms with Crippen molar-refractivity contribution >= 4 is 32.7 Å². The number of hydrogen-bond donors (Lipinski definition) is 2. The van der Waals surface area contributed by atoms with E-state index in [1.54, 1.807) is 20.8 Å². The van der Waals surface area contributed by atoms with Gasteiger partial charge in [0.15, 0.2) is 5.13 Å². The van der Waals surface area contributed by atoms with Gasteiger partial charge < -0.3 is 0 Å². The third kappa shape index (κ3) is 7.37. The fourth-order valence-electron chi connectivity index (χ4n) is 2.23. The zero-order valence-electron chi connectivity index (χ0n) is 16.1. The Morgan fingerprint density at radius 1 is 1.19 bits per heavy atom. The molecule has 27 heavy (non-hydrogen) atoms. The molecule has 0 saturated heterocycles. The van der Waals surface area contributed by atoms with Crippen molar-refractivity contribution in [2.24, 2.45) is 0 Å². The summed E-state index contributed by atoms with van der Waals surface area (Å²) in [6.07, 6.45) is 0.722. The fraction of sp³-hybridized carbons (Fsp3) is 0.444. The van der Waals surface area contributed by atoms with Gasteiger partial charge in [-0.2, -0.15) is 13.1 Å². The van der Waals surface area contributed by atoms with E-state index < -0.39 is 28.4 Å². The van der Waals surface area contributed by atoms with Crippen LogP contribution < -0.4 is 10.0 Å². The lowest BCUT2D eigenvalue weighted by molar-refractivity contribution is -0.118. The second-order valence-corrected chi connectivity index (χ2v) is 9.74. The van der Waals surface area contributed by atoms with Gasteiger partial charge in [0.25, 0.3) is 5.91 Å². The number of benzene rings is 1. The van der Waals surface area contributed by atoms with Gasteiger partial charge in [0, 0.05) is 16.8 Å². The van der Waals surface area contributed by atoms with Crippen molar-refractivity contribution in [2.45, 2.75) is 46.6 Å². The molecule has 0 aliphatic rings. The van der Waals surface area contributed by atoms with E-state index in [2.05, 4.69) is 39.3 Å². The van der Waals surface area contributed by atoms with Crippen molar-refractivity contribution in [1.82, 2.24) is 9.71 Å². The highest BCUT2D eigenvalue weighted by Gasteiger charge is 2.22. The van der Waals surface area contributed by atoms with E-state index in [-0.39, 0.29) is 0 Å². The Bertz CT molecular complexity index is 898. The molecule has 0 aliphatic carbocycles. The lowest BCUT2D eigenvalue weighted by Crippen LogP contribution is -2.42. The van der Waals surface area contributed by atoms with Gasteiger partial charge in [-0.25, -0.2) is 9.17 Å². The summed E-state index contributed by atoms with van der Waals surface area (Å²) in [5.74, 6) is -0.579. The Labute approximate surface area is 164 Å². The third-order valence-corrected chi connectivity index (χ3v) is 5.76. The van der Waals surface area contributed by atoms with E-state index in [1.165, 1.54) is 16.9 Å². The van der Waals surface area contributed by atoms with E-state index in [1.807, 2.05) is 13.8 Å². The summed E-state index contributed by atoms with van der Waals surface area (Å²) < 4.78 is 30.5. The van der Waals surface area contributed by atoms with Crippen molar-refractivity contribution in [3.8, 4) is 0 Å². The number of hydrogen-bond acceptors (Lipinski definition) is 6. The number of carbonyl (C=O) groups is 1. The van der Waals surface area contributed by atoms with Crippen LogP contribution in [0.25, 0.3) is 0 Å². The van der Waals surface area contributed by atoms with Crippen LogP contribution in [0.5, 0.6) is 0 Å². The summed E-state index contributed by atoms with van der Waals surface area (Å²) in [6, 6.07) is 8.23. The molecule has 1 aromatic carbocycles. The van der Waals surface area contributed by atoms with Crippen LogP contribution in [0.15, 0.2) is 24.3 Å². The maximum Gasteiger partial charge on any atom is 0.336 e. The van der Waals surface area contributed by atoms with E-state index in [9.17, 15) is 13.2 Å². The molecule has 2 rings (SSSR count). The van der Waals surface area contributed by atoms with Crippen molar-refractivity contribution in [3.05, 3.63) is 46.0 Å². The van der Waals surface area contributed by atoms with Crippen LogP contribution in [-0.4, -0.2) is 31.5 Å². The molecule has 0 spiro atoms. The summed E-state index contributed by atoms with van der Waals surface area (Å²) in [6.45, 7) is 8.35. The minimum Gasteiger partial charge on any atom is -0.300 e. The topological polar surface area (TPSA) is 97.4 Å². The molecule has 0 fully saturated rings. The molecule has 0 bridgehead atoms. The summed E-state index contributed by atoms with van der Waals surface area (Å²) in [4.78, 5) is 17.4. The smallest absolute Gasteiger partial charge is 0.300 e. The van der Waals surface area contributed by atoms with Gasteiger partial charge in [-0.1, -0.05) is 29.8 Å². The van der Waals surface area contributed by atoms with Gasteiger partial charge in [0.05, 0.1) is 5.69 Å². The highest BCUT2D eigenvalue weighted by Crippen LogP contribution is 2.25. The van der Waals surface area contributed by atoms with E-state index in [0.29, 0.717) is 5.13 Å². The Morgan fingerprint density at radius 2 is 1.81 bits per heavy atom. The molecule has 0 radical (unpaired) electrons. The average Bonchev–Trinajstić information content (AvgIpc) is 2.85. The van der Waals surface area contributed by atoms with Crippen LogP contribution in [0, 0.1) is 13.8 Å². The van der Waals surface area contributed by atoms with Crippen LogP contribution in [0.4, 0.5) is 5.13 Å². The predicted octanol–water partition coefficient (Wildman–Crippen LogP) is 2.94. The van der Waals surface area contributed by atoms with Gasteiger partial charge in [0.2, 0.25) is 0 Å². The number of carbonyl (C=O) groups excluding carboxylic acids is 1. The third-order valence-electron chi connectivity index (χ3n) is 3.40. The first-order chi connectivity index (χ1) is 12.4. The van der Waals surface area contributed by atoms with Gasteiger partial charge in [-0.15, -0.1) is 11.3 Å². The number of rotatable bonds is 7. The molecule has 7 nitrogen and oxygen atoms in total. The number of aryl methyl sites for hydroxylation is 2. The van der Waals surface area contributed by atoms with Crippen molar-refractivity contribution in [2.75, 3.05) is 11.9 Å². The maximum absolute atomic E-state index is 12.0. The number of thiazole rings is 1. The van der Waals surface area contributed by atoms with Gasteiger partial charge in [0.1, 0.15) is 6.61 Å². The van der Waals surface area contributed by atoms with Crippen LogP contribution >= 0.6 is 11.3 Å². The zero-order chi connectivity index (χ0) is 20.2. The molecule has 2 N–H and O–H groups in total. The summed E-state index contributed by atoms with van der Waals surface area (Å²) in [7, 11) is -4.00. The monoisotopic (exact) mass is 411 g/mol. The normalized spacial score (nSPS) is 12.2. The predicted molar refractivity (Wildman–Crippen MR) is 107 cm³/mol. The fourth-order valence-corrected chi connectivity index (χ4v) is 4.31. The molecule has 0 saturated carbocycles. The van der Waals surface area contributed by atoms with Crippen LogP contribution in [0.2, 0.25) is 0 Å². The maximum atomic E-state index is 12.0. The molecular weight excluding hydrogens is 386 g/mol. The molecule has 0 atom stereocenters. The van der Waals surface area contributed by atoms with Crippen molar-refractivity contribution < 1.29 is 17.4 Å². The molecule has 1 aromatic heterocycles. The summed E-state index contributed by atoms with van der Waals surface area (Å²) >= 11 is 1.37. The first-order valence-electron chi connectivity index (χ1n) is 8.43. The number of nitrogens with one attached hydrogen (secondary N) is 2. The number of amides is 1. The molecule has 1 amide bonds. The first-order valence-corrected chi connectivity index (χ1v) is 10.7. The SMILES string of the molecule is Cc1ccc(Cc2sc(NC(=O)COS(=O)(=O)NC(C)(C)C)nc2C)cc1. The summed E-state index contributed by atoms with van der Waals surface area (Å²) in [5.41, 5.74) is 2.50. The molecule has 1 heterocycles. The van der Waals surface area contributed by atoms with Crippen molar-refractivity contribution in [1.29, 1.82) is 0 Å². The highest BCUT2D eigenvalue weighted by molar-refractivity contribution is 7.84. The quantitative estimate of drug-likeness (QED) is 0.730. The molecular formula is C18H25N3O4S2. The molecule has 0 aliphatic heterocycles. The number of anilines is 1. The largest absolute Gasteiger partial charge is 0.336 e. The average molecular weight is 412 g/mol. The molecule has 9 heteroatoms. The Balaban J connectivity index is 1.94. The Kier molecular flexibility index (Phi) is 6.74. The molecule has 2 aromatic rings. The van der Waals surface area contributed by atoms with Gasteiger partial charge in [-0.05, 0) is 40.2 Å². The minimum absolute atomic E-state index is 0.421. The lowest BCUT2D eigenvalue weighted by Gasteiger charge is -2.19. The van der Waals surface area contributed by atoms with Crippen LogP contribution in [-0.2, 0) is 25.7 Å². The standard InChI is InChI=1S/C18H25N3O4S2/c1-12-6-8-14(9-7-12)10-15-13(2)19-17(26-15)20-16(22)11-25-27(23,24)21-18(3,4)5/h6-9,21H,10-11H2,1-5H3,(H,19,20,22).